The van der Waals surface area contributed by atoms with Gasteiger partial charge >= 0.3 is 18.1 Å². The molecule has 8 amide bonds. The van der Waals surface area contributed by atoms with Crippen LogP contribution in [0.5, 0.6) is 5.75 Å². The number of carbonyl (C=O) groups is 10. The van der Waals surface area contributed by atoms with Gasteiger partial charge in [0.05, 0.1) is 36.9 Å². The Kier molecular flexibility index (Phi) is 24.0. The number of likely N-dealkylation sites (tertiary alicyclic amines) is 1. The van der Waals surface area contributed by atoms with Gasteiger partial charge in [-0.1, -0.05) is 75.6 Å². The van der Waals surface area contributed by atoms with Gasteiger partial charge in [0.25, 0.3) is 5.91 Å². The minimum absolute atomic E-state index is 0.0411. The number of urea groups is 1. The third kappa shape index (κ3) is 17.3. The Morgan fingerprint density at radius 1 is 1.00 bits per heavy atom. The first kappa shape index (κ1) is 69.8. The highest BCUT2D eigenvalue weighted by Gasteiger charge is 2.64. The lowest BCUT2D eigenvalue weighted by molar-refractivity contribution is -0.158. The number of esters is 1. The fraction of sp³-hybridized carbons (Fsp3) is 0.587. The fourth-order valence-corrected chi connectivity index (χ4v) is 11.8. The van der Waals surface area contributed by atoms with Crippen LogP contribution >= 0.6 is 11.6 Å². The summed E-state index contributed by atoms with van der Waals surface area (Å²) in [5.74, 6) is -7.07. The molecule has 23 nitrogen and oxygen atoms in total. The van der Waals surface area contributed by atoms with E-state index in [0.717, 1.165) is 28.2 Å². The van der Waals surface area contributed by atoms with Crippen molar-refractivity contribution in [2.24, 2.45) is 29.4 Å². The van der Waals surface area contributed by atoms with Gasteiger partial charge in [-0.05, 0) is 94.2 Å². The largest absolute Gasteiger partial charge is 0.495 e. The van der Waals surface area contributed by atoms with E-state index in [1.54, 1.807) is 58.9 Å². The number of halogens is 2. The van der Waals surface area contributed by atoms with E-state index in [0.29, 0.717) is 25.7 Å². The Bertz CT molecular complexity index is 3050. The van der Waals surface area contributed by atoms with Crippen molar-refractivity contribution in [1.29, 1.82) is 0 Å². The molecule has 0 aromatic heterocycles. The molecule has 3 fully saturated rings. The number of Topliss-reactive ketones (excluding diaryl/α,β-unsaturated/α-hetero) is 2. The smallest absolute Gasteiger partial charge is 0.409 e. The molecule has 2 aromatic rings. The summed E-state index contributed by atoms with van der Waals surface area (Å²) in [6.07, 6.45) is 1.41. The standard InChI is InChI=1S/C63H85ClFN7O16/c1-34(2)43(31-41(73)18-13-12-14-24-72-53(76)26-36(4)57(72)78)56(77)68-45(19-16-23-67-60(66)81)47(74)29-39-21-22-42(44(65)27-39)58(79)70(8)38(6)59(80)87-51-32-52(75)71(9)46-28-40(30-48(84-10)54(46)64)25-35(3)17-15-20-50(85-11)63(83)33-49(86-61(82)69-63)37(5)55-62(51,7)88-55/h15,17,20-22,27-28,30,34,36-38,43,45,49-51,55,83H,12-14,16,18-19,23-26,29,31-33H2,1-11H3,(H,68,77)(H,69,82)(H3,66,67,81)/b20-15+,35-17+/t36?,37-,38+,43+,45+,49+,50-,51+,55+,62+,63+/m1/s1. The number of benzene rings is 2. The van der Waals surface area contributed by atoms with E-state index in [9.17, 15) is 53.1 Å². The van der Waals surface area contributed by atoms with E-state index in [4.69, 9.17) is 41.0 Å². The van der Waals surface area contributed by atoms with E-state index in [2.05, 4.69) is 16.0 Å². The number of nitrogens with one attached hydrogen (secondary N) is 3. The molecule has 0 aliphatic carbocycles. The number of nitrogens with zero attached hydrogens (tertiary/aromatic N) is 3. The van der Waals surface area contributed by atoms with Gasteiger partial charge in [-0.3, -0.25) is 43.8 Å². The van der Waals surface area contributed by atoms with E-state index < -0.39 is 125 Å². The van der Waals surface area contributed by atoms with Gasteiger partial charge in [-0.2, -0.15) is 0 Å². The number of hydrogen-bond donors (Lipinski definition) is 5. The third-order valence-electron chi connectivity index (χ3n) is 17.2. The summed E-state index contributed by atoms with van der Waals surface area (Å²) in [5.41, 5.74) is 3.43. The second kappa shape index (κ2) is 30.3. The van der Waals surface area contributed by atoms with Crippen LogP contribution < -0.4 is 31.3 Å². The highest BCUT2D eigenvalue weighted by molar-refractivity contribution is 6.35. The molecule has 3 saturated heterocycles. The van der Waals surface area contributed by atoms with Gasteiger partial charge in [0, 0.05) is 84.2 Å². The van der Waals surface area contributed by atoms with Gasteiger partial charge in [0.2, 0.25) is 23.6 Å². The van der Waals surface area contributed by atoms with Crippen LogP contribution in [0, 0.1) is 29.5 Å². The molecule has 4 bridgehead atoms. The molecular weight excluding hydrogens is 1170 g/mol. The predicted molar refractivity (Wildman–Crippen MR) is 321 cm³/mol. The van der Waals surface area contributed by atoms with Gasteiger partial charge in [0.15, 0.2) is 11.5 Å². The second-order valence-corrected chi connectivity index (χ2v) is 24.5. The lowest BCUT2D eigenvalue weighted by Crippen LogP contribution is -2.63. The van der Waals surface area contributed by atoms with Gasteiger partial charge in [-0.25, -0.2) is 18.8 Å². The zero-order chi connectivity index (χ0) is 65.1. The number of imide groups is 1. The van der Waals surface area contributed by atoms with Crippen molar-refractivity contribution in [2.75, 3.05) is 46.3 Å². The van der Waals surface area contributed by atoms with Gasteiger partial charge in [-0.15, -0.1) is 0 Å². The summed E-state index contributed by atoms with van der Waals surface area (Å²) in [4.78, 5) is 137. The van der Waals surface area contributed by atoms with Crippen molar-refractivity contribution < 1.29 is 81.1 Å². The van der Waals surface area contributed by atoms with Crippen LogP contribution in [-0.2, 0) is 65.4 Å². The van der Waals surface area contributed by atoms with E-state index in [1.165, 1.54) is 51.1 Å². The third-order valence-corrected chi connectivity index (χ3v) is 17.5. The number of likely N-dealkylation sites (N-methyl/N-ethyl adjacent to an activating group) is 1. The Morgan fingerprint density at radius 2 is 1.72 bits per heavy atom. The number of aliphatic hydroxyl groups is 1. The number of hydrogen-bond acceptors (Lipinski definition) is 16. The van der Waals surface area contributed by atoms with Gasteiger partial charge in [0.1, 0.15) is 52.3 Å². The number of anilines is 1. The molecule has 482 valence electrons. The van der Waals surface area contributed by atoms with Crippen molar-refractivity contribution in [2.45, 2.75) is 173 Å². The Balaban J connectivity index is 1.16. The number of allylic oxidation sites excluding steroid dienone is 3. The van der Waals surface area contributed by atoms with Gasteiger partial charge < -0.3 is 55.0 Å². The Labute approximate surface area is 517 Å². The first-order valence-electron chi connectivity index (χ1n) is 29.8. The molecule has 0 saturated carbocycles. The number of primary amides is 1. The molecule has 4 heterocycles. The van der Waals surface area contributed by atoms with Crippen LogP contribution in [0.3, 0.4) is 0 Å². The van der Waals surface area contributed by atoms with Crippen LogP contribution in [0.4, 0.5) is 19.7 Å². The number of fused-ring (bicyclic) bond motifs is 5. The minimum Gasteiger partial charge on any atom is -0.495 e. The summed E-state index contributed by atoms with van der Waals surface area (Å²) in [6.45, 7) is 12.2. The van der Waals surface area contributed by atoms with Crippen molar-refractivity contribution in [1.82, 2.24) is 25.8 Å². The normalized spacial score (nSPS) is 25.9. The summed E-state index contributed by atoms with van der Waals surface area (Å²) >= 11 is 6.84. The number of ether oxygens (including phenoxy) is 5. The van der Waals surface area contributed by atoms with Crippen LogP contribution in [0.1, 0.15) is 134 Å². The first-order valence-corrected chi connectivity index (χ1v) is 30.2. The average molecular weight is 1250 g/mol. The van der Waals surface area contributed by atoms with Crippen molar-refractivity contribution in [3.63, 3.8) is 0 Å². The van der Waals surface area contributed by atoms with Crippen LogP contribution in [0.15, 0.2) is 54.1 Å². The minimum atomic E-state index is -1.94. The molecule has 88 heavy (non-hydrogen) atoms. The highest BCUT2D eigenvalue weighted by atomic mass is 35.5. The maximum atomic E-state index is 16.2. The van der Waals surface area contributed by atoms with E-state index >= 15 is 4.39 Å². The number of nitrogens with two attached hydrogens (primary N) is 1. The zero-order valence-electron chi connectivity index (χ0n) is 52.0. The topological polar surface area (TPSA) is 312 Å². The summed E-state index contributed by atoms with van der Waals surface area (Å²) in [6, 6.07) is 3.63. The molecule has 4 aliphatic rings. The van der Waals surface area contributed by atoms with E-state index in [-0.39, 0.29) is 103 Å². The Morgan fingerprint density at radius 3 is 2.35 bits per heavy atom. The maximum absolute atomic E-state index is 16.2. The van der Waals surface area contributed by atoms with Crippen LogP contribution in [0.25, 0.3) is 0 Å². The quantitative estimate of drug-likeness (QED) is 0.0338. The molecular formula is C63H85ClFN7O16. The number of carbonyl (C=O) groups excluding carboxylic acids is 10. The number of ketones is 2. The maximum Gasteiger partial charge on any atom is 0.409 e. The Hall–Kier alpha value is -7.28. The second-order valence-electron chi connectivity index (χ2n) is 24.2. The first-order chi connectivity index (χ1) is 41.4. The van der Waals surface area contributed by atoms with Crippen molar-refractivity contribution >= 4 is 76.5 Å². The lowest BCUT2D eigenvalue weighted by atomic mass is 9.83. The molecule has 6 N–H and O–H groups in total. The SMILES string of the molecule is COc1cc2cc(c1Cl)N(C)C(=O)C[C@H](OC(=O)[C@H](C)N(C)C(=O)c1ccc(CC(=O)[C@H](CCCNC(N)=O)NC(=O)[C@@H](CC(=O)CCCCCN3C(=O)CC(C)C3=O)C(C)C)cc1F)[C@]1(C)O[C@H]1[C@H](C)[C@@H]1C[C@@](O)(NC(=O)O1)[C@H](OC)/C=C/C=C(\C)C2. The number of unbranched alkanes of at least 4 members (excludes halogenated alkanes) is 2. The molecule has 0 spiro atoms. The van der Waals surface area contributed by atoms with Crippen molar-refractivity contribution in [3.8, 4) is 5.75 Å². The summed E-state index contributed by atoms with van der Waals surface area (Å²) in [7, 11) is 5.58. The average Bonchev–Trinajstić information content (AvgIpc) is 1.58. The monoisotopic (exact) mass is 1250 g/mol. The number of alkyl carbamates (subject to hydrolysis) is 1. The lowest BCUT2D eigenvalue weighted by Gasteiger charge is -2.42. The molecule has 1 unspecified atom stereocenters. The molecule has 2 aromatic carbocycles. The number of methoxy groups -OCH3 is 2. The van der Waals surface area contributed by atoms with Crippen LogP contribution in [-0.4, -0.2) is 163 Å². The van der Waals surface area contributed by atoms with Crippen LogP contribution in [0.2, 0.25) is 5.02 Å². The number of amides is 8. The molecule has 11 atom stereocenters. The zero-order valence-corrected chi connectivity index (χ0v) is 52.8. The van der Waals surface area contributed by atoms with Crippen molar-refractivity contribution in [3.05, 3.63) is 81.7 Å². The highest BCUT2D eigenvalue weighted by Crippen LogP contribution is 2.49. The summed E-state index contributed by atoms with van der Waals surface area (Å²) < 4.78 is 45.6. The summed E-state index contributed by atoms with van der Waals surface area (Å²) in [5, 5.41) is 19.8. The van der Waals surface area contributed by atoms with E-state index in [1.807, 2.05) is 13.0 Å². The molecule has 25 heteroatoms. The molecule has 0 radical (unpaired) electrons. The fourth-order valence-electron chi connectivity index (χ4n) is 11.5. The molecule has 6 rings (SSSR count). The predicted octanol–water partition coefficient (Wildman–Crippen LogP) is 6.20. The number of epoxide rings is 1. The molecule has 4 aliphatic heterocycles. The number of rotatable bonds is 24.